The summed E-state index contributed by atoms with van der Waals surface area (Å²) in [6.07, 6.45) is 10.6. The maximum absolute atomic E-state index is 12.4. The molecule has 0 aromatic carbocycles. The maximum Gasteiger partial charge on any atom is 0.223 e. The van der Waals surface area contributed by atoms with E-state index in [2.05, 4.69) is 10.6 Å². The molecule has 3 rings (SSSR count). The lowest BCUT2D eigenvalue weighted by molar-refractivity contribution is -0.132. The smallest absolute Gasteiger partial charge is 0.223 e. The highest BCUT2D eigenvalue weighted by Gasteiger charge is 2.31. The minimum Gasteiger partial charge on any atom is -0.394 e. The molecule has 7 nitrogen and oxygen atoms in total. The van der Waals surface area contributed by atoms with Crippen molar-refractivity contribution in [1.29, 1.82) is 0 Å². The fourth-order valence-corrected chi connectivity index (χ4v) is 4.28. The van der Waals surface area contributed by atoms with Crippen LogP contribution in [0.3, 0.4) is 0 Å². The molecule has 1 saturated heterocycles. The van der Waals surface area contributed by atoms with Gasteiger partial charge >= 0.3 is 0 Å². The summed E-state index contributed by atoms with van der Waals surface area (Å²) in [5.41, 5.74) is 0. The van der Waals surface area contributed by atoms with Crippen molar-refractivity contribution in [3.8, 4) is 0 Å². The second kappa shape index (κ2) is 10.9. The third-order valence-electron chi connectivity index (χ3n) is 6.06. The first-order valence-corrected chi connectivity index (χ1v) is 10.7. The number of aliphatic hydroxyl groups excluding tert-OH is 1. The number of carbonyl (C=O) groups is 2. The first-order chi connectivity index (χ1) is 13.7. The van der Waals surface area contributed by atoms with E-state index < -0.39 is 6.10 Å². The van der Waals surface area contributed by atoms with Crippen molar-refractivity contribution < 1.29 is 24.2 Å². The summed E-state index contributed by atoms with van der Waals surface area (Å²) in [4.78, 5) is 24.7. The number of amides is 2. The lowest BCUT2D eigenvalue weighted by Gasteiger charge is -2.33. The van der Waals surface area contributed by atoms with Crippen LogP contribution in [0.4, 0.5) is 0 Å². The van der Waals surface area contributed by atoms with Crippen LogP contribution in [0, 0.1) is 11.8 Å². The molecule has 0 bridgehead atoms. The van der Waals surface area contributed by atoms with Crippen molar-refractivity contribution in [2.45, 2.75) is 69.6 Å². The molecule has 158 valence electrons. The lowest BCUT2D eigenvalue weighted by atomic mass is 9.89. The lowest BCUT2D eigenvalue weighted by Crippen LogP contribution is -2.51. The van der Waals surface area contributed by atoms with Gasteiger partial charge in [-0.1, -0.05) is 31.4 Å². The van der Waals surface area contributed by atoms with Crippen molar-refractivity contribution in [3.05, 3.63) is 12.2 Å². The Labute approximate surface area is 167 Å². The summed E-state index contributed by atoms with van der Waals surface area (Å²) in [6.45, 7) is 1.75. The van der Waals surface area contributed by atoms with E-state index in [9.17, 15) is 14.7 Å². The average molecular weight is 395 g/mol. The average Bonchev–Trinajstić information content (AvgIpc) is 2.74. The second-order valence-corrected chi connectivity index (χ2v) is 8.21. The predicted molar refractivity (Wildman–Crippen MR) is 105 cm³/mol. The third kappa shape index (κ3) is 6.29. The highest BCUT2D eigenvalue weighted by Crippen LogP contribution is 2.23. The van der Waals surface area contributed by atoms with Crippen LogP contribution in [-0.2, 0) is 19.1 Å². The van der Waals surface area contributed by atoms with E-state index in [4.69, 9.17) is 9.47 Å². The van der Waals surface area contributed by atoms with E-state index in [0.717, 1.165) is 19.4 Å². The number of rotatable bonds is 7. The molecule has 0 radical (unpaired) electrons. The van der Waals surface area contributed by atoms with Gasteiger partial charge in [-0.3, -0.25) is 9.59 Å². The molecule has 28 heavy (non-hydrogen) atoms. The molecular formula is C21H34N2O5. The molecule has 0 aromatic rings. The van der Waals surface area contributed by atoms with Gasteiger partial charge in [0.1, 0.15) is 6.10 Å². The summed E-state index contributed by atoms with van der Waals surface area (Å²) >= 11 is 0. The van der Waals surface area contributed by atoms with Crippen molar-refractivity contribution in [1.82, 2.24) is 10.6 Å². The second-order valence-electron chi connectivity index (χ2n) is 8.21. The van der Waals surface area contributed by atoms with E-state index in [1.54, 1.807) is 0 Å². The standard InChI is InChI=1S/C21H34N2O5/c24-14-19-18(23-21(26)16-8-10-27-11-9-16)7-6-17(28-19)12-20(25)22-13-15-4-2-1-3-5-15/h6-7,15-19,24H,1-5,8-14H2,(H,22,25)(H,23,26)/t17-,18+,19-/m1/s1. The van der Waals surface area contributed by atoms with Crippen LogP contribution in [0.2, 0.25) is 0 Å². The van der Waals surface area contributed by atoms with Gasteiger partial charge in [0.2, 0.25) is 11.8 Å². The number of ether oxygens (including phenoxy) is 2. The Morgan fingerprint density at radius 3 is 2.50 bits per heavy atom. The fraction of sp³-hybridized carbons (Fsp3) is 0.810. The van der Waals surface area contributed by atoms with Crippen LogP contribution in [0.15, 0.2) is 12.2 Å². The molecule has 2 heterocycles. The molecule has 0 unspecified atom stereocenters. The van der Waals surface area contributed by atoms with Gasteiger partial charge in [0.05, 0.1) is 25.2 Å². The van der Waals surface area contributed by atoms with Crippen molar-refractivity contribution >= 4 is 11.8 Å². The molecule has 3 aliphatic rings. The largest absolute Gasteiger partial charge is 0.394 e. The number of carbonyl (C=O) groups excluding carboxylic acids is 2. The van der Waals surface area contributed by atoms with Crippen molar-refractivity contribution in [2.24, 2.45) is 11.8 Å². The third-order valence-corrected chi connectivity index (χ3v) is 6.06. The molecular weight excluding hydrogens is 360 g/mol. The summed E-state index contributed by atoms with van der Waals surface area (Å²) in [5.74, 6) is 0.491. The minimum atomic E-state index is -0.537. The van der Waals surface area contributed by atoms with Gasteiger partial charge in [-0.25, -0.2) is 0 Å². The van der Waals surface area contributed by atoms with Gasteiger partial charge in [-0.15, -0.1) is 0 Å². The van der Waals surface area contributed by atoms with Gasteiger partial charge in [-0.05, 0) is 31.6 Å². The molecule has 1 aliphatic carbocycles. The van der Waals surface area contributed by atoms with E-state index in [1.165, 1.54) is 32.1 Å². The Balaban J connectivity index is 1.44. The number of nitrogens with one attached hydrogen (secondary N) is 2. The summed E-state index contributed by atoms with van der Waals surface area (Å²) in [5, 5.41) is 15.7. The summed E-state index contributed by atoms with van der Waals surface area (Å²) in [6, 6.07) is -0.373. The van der Waals surface area contributed by atoms with E-state index in [1.807, 2.05) is 12.2 Å². The van der Waals surface area contributed by atoms with E-state index in [-0.39, 0.29) is 42.9 Å². The number of hydrogen-bond acceptors (Lipinski definition) is 5. The van der Waals surface area contributed by atoms with Crippen molar-refractivity contribution in [2.75, 3.05) is 26.4 Å². The zero-order chi connectivity index (χ0) is 19.8. The van der Waals surface area contributed by atoms with Crippen LogP contribution >= 0.6 is 0 Å². The zero-order valence-electron chi connectivity index (χ0n) is 16.6. The number of aliphatic hydroxyl groups is 1. The molecule has 0 spiro atoms. The van der Waals surface area contributed by atoms with Gasteiger partial charge < -0.3 is 25.2 Å². The Morgan fingerprint density at radius 2 is 1.79 bits per heavy atom. The monoisotopic (exact) mass is 394 g/mol. The molecule has 2 amide bonds. The predicted octanol–water partition coefficient (Wildman–Crippen LogP) is 1.30. The van der Waals surface area contributed by atoms with Crippen LogP contribution in [0.1, 0.15) is 51.4 Å². The maximum atomic E-state index is 12.4. The molecule has 3 N–H and O–H groups in total. The van der Waals surface area contributed by atoms with Crippen molar-refractivity contribution in [3.63, 3.8) is 0 Å². The zero-order valence-corrected chi connectivity index (χ0v) is 16.6. The molecule has 1 saturated carbocycles. The van der Waals surface area contributed by atoms with E-state index >= 15 is 0 Å². The minimum absolute atomic E-state index is 0.0244. The fourth-order valence-electron chi connectivity index (χ4n) is 4.28. The SMILES string of the molecule is O=C(C[C@H]1C=C[C@H](NC(=O)C2CCOCC2)[C@@H](CO)O1)NCC1CCCCC1. The van der Waals surface area contributed by atoms with Crippen LogP contribution < -0.4 is 10.6 Å². The van der Waals surface area contributed by atoms with Crippen LogP contribution in [0.25, 0.3) is 0 Å². The Morgan fingerprint density at radius 1 is 1.04 bits per heavy atom. The van der Waals surface area contributed by atoms with E-state index in [0.29, 0.717) is 19.1 Å². The highest BCUT2D eigenvalue weighted by molar-refractivity contribution is 5.79. The Bertz CT molecular complexity index is 541. The van der Waals surface area contributed by atoms with Gasteiger partial charge in [0.25, 0.3) is 0 Å². The molecule has 2 aliphatic heterocycles. The highest BCUT2D eigenvalue weighted by atomic mass is 16.5. The quantitative estimate of drug-likeness (QED) is 0.566. The Kier molecular flexibility index (Phi) is 8.30. The topological polar surface area (TPSA) is 96.9 Å². The first-order valence-electron chi connectivity index (χ1n) is 10.7. The molecule has 7 heteroatoms. The van der Waals surface area contributed by atoms with Crippen LogP contribution in [0.5, 0.6) is 0 Å². The van der Waals surface area contributed by atoms with Crippen LogP contribution in [-0.4, -0.2) is 61.5 Å². The number of hydrogen-bond donors (Lipinski definition) is 3. The van der Waals surface area contributed by atoms with Gasteiger partial charge in [0, 0.05) is 25.7 Å². The normalized spacial score (nSPS) is 29.4. The van der Waals surface area contributed by atoms with Gasteiger partial charge in [-0.2, -0.15) is 0 Å². The summed E-state index contributed by atoms with van der Waals surface area (Å²) in [7, 11) is 0. The van der Waals surface area contributed by atoms with Gasteiger partial charge in [0.15, 0.2) is 0 Å². The first kappa shape index (κ1) is 21.3. The molecule has 3 atom stereocenters. The summed E-state index contributed by atoms with van der Waals surface area (Å²) < 4.78 is 11.2. The molecule has 0 aromatic heterocycles. The Hall–Kier alpha value is -1.44. The molecule has 2 fully saturated rings.